The molecule has 0 aliphatic carbocycles. The lowest BCUT2D eigenvalue weighted by Crippen LogP contribution is -2.27. The van der Waals surface area contributed by atoms with Crippen molar-refractivity contribution in [3.05, 3.63) is 35.4 Å². The highest BCUT2D eigenvalue weighted by Crippen LogP contribution is 2.31. The van der Waals surface area contributed by atoms with E-state index in [9.17, 15) is 4.79 Å². The molecule has 0 saturated heterocycles. The fraction of sp³-hybridized carbons (Fsp3) is 0.562. The first kappa shape index (κ1) is 15.7. The SMILES string of the molecule is CC(C)c1ccc(C(N)CC(C)(C)CC(N)=O)cc1. The summed E-state index contributed by atoms with van der Waals surface area (Å²) in [5, 5.41) is 0. The van der Waals surface area contributed by atoms with Crippen molar-refractivity contribution in [3.8, 4) is 0 Å². The average molecular weight is 262 g/mol. The molecule has 0 radical (unpaired) electrons. The van der Waals surface area contributed by atoms with Gasteiger partial charge in [0, 0.05) is 12.5 Å². The lowest BCUT2D eigenvalue weighted by molar-refractivity contribution is -0.120. The van der Waals surface area contributed by atoms with Gasteiger partial charge in [0.25, 0.3) is 0 Å². The van der Waals surface area contributed by atoms with Gasteiger partial charge < -0.3 is 11.5 Å². The first-order valence-electron chi connectivity index (χ1n) is 6.85. The van der Waals surface area contributed by atoms with E-state index >= 15 is 0 Å². The largest absolute Gasteiger partial charge is 0.370 e. The van der Waals surface area contributed by atoms with Crippen LogP contribution in [0.15, 0.2) is 24.3 Å². The van der Waals surface area contributed by atoms with Crippen LogP contribution in [0.3, 0.4) is 0 Å². The first-order chi connectivity index (χ1) is 8.71. The number of hydrogen-bond acceptors (Lipinski definition) is 2. The topological polar surface area (TPSA) is 69.1 Å². The highest BCUT2D eigenvalue weighted by Gasteiger charge is 2.24. The Morgan fingerprint density at radius 2 is 1.63 bits per heavy atom. The van der Waals surface area contributed by atoms with Crippen LogP contribution in [0.5, 0.6) is 0 Å². The van der Waals surface area contributed by atoms with E-state index in [4.69, 9.17) is 11.5 Å². The van der Waals surface area contributed by atoms with Crippen molar-refractivity contribution in [3.63, 3.8) is 0 Å². The maximum absolute atomic E-state index is 11.0. The van der Waals surface area contributed by atoms with Gasteiger partial charge in [0.2, 0.25) is 5.91 Å². The van der Waals surface area contributed by atoms with E-state index in [1.807, 2.05) is 13.8 Å². The van der Waals surface area contributed by atoms with E-state index in [0.717, 1.165) is 12.0 Å². The van der Waals surface area contributed by atoms with E-state index in [1.54, 1.807) is 0 Å². The fourth-order valence-corrected chi connectivity index (χ4v) is 2.39. The number of rotatable bonds is 6. The number of amides is 1. The van der Waals surface area contributed by atoms with E-state index in [1.165, 1.54) is 5.56 Å². The van der Waals surface area contributed by atoms with Crippen LogP contribution in [0.4, 0.5) is 0 Å². The van der Waals surface area contributed by atoms with E-state index in [-0.39, 0.29) is 17.4 Å². The van der Waals surface area contributed by atoms with E-state index < -0.39 is 0 Å². The summed E-state index contributed by atoms with van der Waals surface area (Å²) in [4.78, 5) is 11.0. The van der Waals surface area contributed by atoms with Gasteiger partial charge in [-0.15, -0.1) is 0 Å². The smallest absolute Gasteiger partial charge is 0.217 e. The fourth-order valence-electron chi connectivity index (χ4n) is 2.39. The molecule has 0 saturated carbocycles. The van der Waals surface area contributed by atoms with Crippen LogP contribution < -0.4 is 11.5 Å². The number of carbonyl (C=O) groups is 1. The summed E-state index contributed by atoms with van der Waals surface area (Å²) in [6, 6.07) is 8.36. The summed E-state index contributed by atoms with van der Waals surface area (Å²) >= 11 is 0. The highest BCUT2D eigenvalue weighted by molar-refractivity contribution is 5.74. The zero-order chi connectivity index (χ0) is 14.6. The van der Waals surface area contributed by atoms with Crippen LogP contribution in [0.2, 0.25) is 0 Å². The molecule has 0 heterocycles. The molecule has 0 spiro atoms. The van der Waals surface area contributed by atoms with Gasteiger partial charge in [0.05, 0.1) is 0 Å². The third kappa shape index (κ3) is 5.03. The highest BCUT2D eigenvalue weighted by atomic mass is 16.1. The molecule has 3 nitrogen and oxygen atoms in total. The summed E-state index contributed by atoms with van der Waals surface area (Å²) in [5.41, 5.74) is 13.8. The molecule has 1 amide bonds. The standard InChI is InChI=1S/C16H26N2O/c1-11(2)12-5-7-13(8-6-12)14(17)9-16(3,4)10-15(18)19/h5-8,11,14H,9-10,17H2,1-4H3,(H2,18,19). The lowest BCUT2D eigenvalue weighted by atomic mass is 9.80. The predicted molar refractivity (Wildman–Crippen MR) is 79.7 cm³/mol. The van der Waals surface area contributed by atoms with Crippen molar-refractivity contribution < 1.29 is 4.79 Å². The molecule has 1 unspecified atom stereocenters. The molecule has 1 atom stereocenters. The van der Waals surface area contributed by atoms with Gasteiger partial charge in [-0.25, -0.2) is 0 Å². The van der Waals surface area contributed by atoms with E-state index in [2.05, 4.69) is 38.1 Å². The number of primary amides is 1. The molecule has 0 aliphatic rings. The Hall–Kier alpha value is -1.35. The maximum atomic E-state index is 11.0. The van der Waals surface area contributed by atoms with Gasteiger partial charge >= 0.3 is 0 Å². The van der Waals surface area contributed by atoms with Crippen molar-refractivity contribution in [1.82, 2.24) is 0 Å². The Morgan fingerprint density at radius 3 is 2.05 bits per heavy atom. The molecule has 1 rings (SSSR count). The molecular formula is C16H26N2O. The molecule has 1 aromatic carbocycles. The first-order valence-corrected chi connectivity index (χ1v) is 6.85. The third-order valence-corrected chi connectivity index (χ3v) is 3.46. The van der Waals surface area contributed by atoms with Crippen LogP contribution in [0.25, 0.3) is 0 Å². The van der Waals surface area contributed by atoms with Crippen molar-refractivity contribution in [2.75, 3.05) is 0 Å². The molecule has 0 aromatic heterocycles. The zero-order valence-electron chi connectivity index (χ0n) is 12.4. The summed E-state index contributed by atoms with van der Waals surface area (Å²) in [5.74, 6) is 0.254. The van der Waals surface area contributed by atoms with Crippen LogP contribution in [-0.4, -0.2) is 5.91 Å². The maximum Gasteiger partial charge on any atom is 0.217 e. The number of carbonyl (C=O) groups excluding carboxylic acids is 1. The minimum absolute atomic E-state index is 0.0597. The summed E-state index contributed by atoms with van der Waals surface area (Å²) in [7, 11) is 0. The minimum Gasteiger partial charge on any atom is -0.370 e. The average Bonchev–Trinajstić information content (AvgIpc) is 2.26. The van der Waals surface area contributed by atoms with Crippen LogP contribution in [-0.2, 0) is 4.79 Å². The Morgan fingerprint density at radius 1 is 1.16 bits per heavy atom. The van der Waals surface area contributed by atoms with Crippen molar-refractivity contribution in [1.29, 1.82) is 0 Å². The minimum atomic E-state index is -0.271. The van der Waals surface area contributed by atoms with Crippen LogP contribution in [0.1, 0.15) is 63.6 Å². The molecule has 1 aromatic rings. The van der Waals surface area contributed by atoms with Gasteiger partial charge in [-0.1, -0.05) is 52.0 Å². The van der Waals surface area contributed by atoms with Gasteiger partial charge in [-0.2, -0.15) is 0 Å². The molecule has 3 heteroatoms. The summed E-state index contributed by atoms with van der Waals surface area (Å²) in [6.45, 7) is 8.40. The second kappa shape index (κ2) is 6.20. The zero-order valence-corrected chi connectivity index (χ0v) is 12.4. The number of hydrogen-bond donors (Lipinski definition) is 2. The molecule has 0 fully saturated rings. The summed E-state index contributed by atoms with van der Waals surface area (Å²) < 4.78 is 0. The molecular weight excluding hydrogens is 236 g/mol. The number of benzene rings is 1. The van der Waals surface area contributed by atoms with Gasteiger partial charge in [-0.3, -0.25) is 4.79 Å². The van der Waals surface area contributed by atoms with E-state index in [0.29, 0.717) is 12.3 Å². The van der Waals surface area contributed by atoms with Crippen molar-refractivity contribution in [2.45, 2.75) is 52.5 Å². The Balaban J connectivity index is 2.72. The Bertz CT molecular complexity index is 421. The molecule has 19 heavy (non-hydrogen) atoms. The third-order valence-electron chi connectivity index (χ3n) is 3.46. The molecule has 4 N–H and O–H groups in total. The van der Waals surface area contributed by atoms with Gasteiger partial charge in [0.15, 0.2) is 0 Å². The molecule has 0 bridgehead atoms. The molecule has 106 valence electrons. The lowest BCUT2D eigenvalue weighted by Gasteiger charge is -2.27. The van der Waals surface area contributed by atoms with Crippen molar-refractivity contribution in [2.24, 2.45) is 16.9 Å². The molecule has 0 aliphatic heterocycles. The van der Waals surface area contributed by atoms with Gasteiger partial charge in [-0.05, 0) is 28.9 Å². The summed E-state index contributed by atoms with van der Waals surface area (Å²) in [6.07, 6.45) is 1.11. The van der Waals surface area contributed by atoms with Crippen LogP contribution >= 0.6 is 0 Å². The van der Waals surface area contributed by atoms with Crippen molar-refractivity contribution >= 4 is 5.91 Å². The quantitative estimate of drug-likeness (QED) is 0.827. The monoisotopic (exact) mass is 262 g/mol. The Kier molecular flexibility index (Phi) is 5.12. The Labute approximate surface area is 116 Å². The number of nitrogens with two attached hydrogens (primary N) is 2. The van der Waals surface area contributed by atoms with Crippen LogP contribution in [0, 0.1) is 5.41 Å². The van der Waals surface area contributed by atoms with Gasteiger partial charge in [0.1, 0.15) is 0 Å². The predicted octanol–water partition coefficient (Wildman–Crippen LogP) is 3.10. The second-order valence-corrected chi connectivity index (χ2v) is 6.44. The second-order valence-electron chi connectivity index (χ2n) is 6.44. The normalized spacial score (nSPS) is 13.6.